The van der Waals surface area contributed by atoms with Crippen LogP contribution >= 0.6 is 0 Å². The maximum absolute atomic E-state index is 5.92. The van der Waals surface area contributed by atoms with Gasteiger partial charge in [0.25, 0.3) is 0 Å². The summed E-state index contributed by atoms with van der Waals surface area (Å²) in [7, 11) is 0. The molecule has 2 heteroatoms. The van der Waals surface area contributed by atoms with Gasteiger partial charge < -0.3 is 5.73 Å². The quantitative estimate of drug-likeness (QED) is 0.862. The Balaban J connectivity index is 1.58. The first-order chi connectivity index (χ1) is 10.2. The maximum Gasteiger partial charge on any atom is 0.0343 e. The van der Waals surface area contributed by atoms with Gasteiger partial charge >= 0.3 is 0 Å². The van der Waals surface area contributed by atoms with E-state index in [1.54, 1.807) is 0 Å². The minimum absolute atomic E-state index is 0.691. The minimum Gasteiger partial charge on any atom is -0.399 e. The highest BCUT2D eigenvalue weighted by atomic mass is 15.1. The van der Waals surface area contributed by atoms with E-state index in [2.05, 4.69) is 60.4 Å². The molecule has 0 radical (unpaired) electrons. The van der Waals surface area contributed by atoms with Crippen LogP contribution in [0.2, 0.25) is 0 Å². The van der Waals surface area contributed by atoms with Gasteiger partial charge in [-0.2, -0.15) is 0 Å². The zero-order valence-electron chi connectivity index (χ0n) is 12.8. The second-order valence-corrected chi connectivity index (χ2v) is 6.15. The van der Waals surface area contributed by atoms with Gasteiger partial charge in [0.05, 0.1) is 0 Å². The number of nitrogens with two attached hydrogens (primary N) is 1. The first-order valence-electron chi connectivity index (χ1n) is 7.84. The number of anilines is 1. The Bertz CT molecular complexity index is 584. The molecule has 0 bridgehead atoms. The molecule has 2 nitrogen and oxygen atoms in total. The predicted molar refractivity (Wildman–Crippen MR) is 89.3 cm³/mol. The van der Waals surface area contributed by atoms with Crippen LogP contribution in [0.3, 0.4) is 0 Å². The Labute approximate surface area is 127 Å². The number of piperidine rings is 1. The number of benzene rings is 2. The Hall–Kier alpha value is -1.80. The fourth-order valence-electron chi connectivity index (χ4n) is 3.22. The molecule has 0 spiro atoms. The van der Waals surface area contributed by atoms with Gasteiger partial charge in [0.1, 0.15) is 0 Å². The van der Waals surface area contributed by atoms with Gasteiger partial charge in [-0.05, 0) is 61.5 Å². The van der Waals surface area contributed by atoms with Gasteiger partial charge in [0.2, 0.25) is 0 Å². The van der Waals surface area contributed by atoms with Gasteiger partial charge in [0.15, 0.2) is 0 Å². The van der Waals surface area contributed by atoms with Crippen LogP contribution in [-0.4, -0.2) is 18.0 Å². The molecule has 0 aliphatic carbocycles. The van der Waals surface area contributed by atoms with Crippen LogP contribution in [-0.2, 0) is 6.54 Å². The summed E-state index contributed by atoms with van der Waals surface area (Å²) in [6.45, 7) is 5.55. The van der Waals surface area contributed by atoms with E-state index in [0.717, 1.165) is 12.2 Å². The lowest BCUT2D eigenvalue weighted by molar-refractivity contribution is 0.204. The average Bonchev–Trinajstić information content (AvgIpc) is 2.52. The summed E-state index contributed by atoms with van der Waals surface area (Å²) in [5.74, 6) is 0.691. The van der Waals surface area contributed by atoms with E-state index in [1.807, 2.05) is 0 Å². The Kier molecular flexibility index (Phi) is 4.26. The van der Waals surface area contributed by atoms with E-state index in [0.29, 0.717) is 5.92 Å². The first kappa shape index (κ1) is 14.2. The summed E-state index contributed by atoms with van der Waals surface area (Å²) in [5, 5.41) is 0. The van der Waals surface area contributed by atoms with Crippen LogP contribution < -0.4 is 5.73 Å². The van der Waals surface area contributed by atoms with Crippen molar-refractivity contribution in [2.24, 2.45) is 0 Å². The molecule has 3 rings (SSSR count). The molecular formula is C19H24N2. The molecule has 0 aromatic heterocycles. The summed E-state index contributed by atoms with van der Waals surface area (Å²) in [6, 6.07) is 17.3. The van der Waals surface area contributed by atoms with Crippen molar-refractivity contribution in [3.8, 4) is 0 Å². The molecule has 1 heterocycles. The van der Waals surface area contributed by atoms with Gasteiger partial charge in [-0.25, -0.2) is 0 Å². The number of likely N-dealkylation sites (tertiary alicyclic amines) is 1. The predicted octanol–water partition coefficient (Wildman–Crippen LogP) is 3.96. The smallest absolute Gasteiger partial charge is 0.0343 e. The molecule has 1 fully saturated rings. The molecule has 1 saturated heterocycles. The summed E-state index contributed by atoms with van der Waals surface area (Å²) in [4.78, 5) is 2.57. The molecule has 0 amide bonds. The number of hydrogen-bond donors (Lipinski definition) is 1. The summed E-state index contributed by atoms with van der Waals surface area (Å²) < 4.78 is 0. The number of aryl methyl sites for hydroxylation is 1. The number of nitrogen functional groups attached to an aromatic ring is 1. The highest BCUT2D eigenvalue weighted by Gasteiger charge is 2.20. The Morgan fingerprint density at radius 2 is 1.76 bits per heavy atom. The molecule has 2 N–H and O–H groups in total. The van der Waals surface area contributed by atoms with Crippen molar-refractivity contribution in [2.45, 2.75) is 32.2 Å². The first-order valence-corrected chi connectivity index (χ1v) is 7.84. The number of rotatable bonds is 3. The third-order valence-corrected chi connectivity index (χ3v) is 4.60. The van der Waals surface area contributed by atoms with Crippen LogP contribution in [0.5, 0.6) is 0 Å². The molecule has 21 heavy (non-hydrogen) atoms. The molecule has 0 unspecified atom stereocenters. The van der Waals surface area contributed by atoms with Gasteiger partial charge in [-0.3, -0.25) is 4.90 Å². The largest absolute Gasteiger partial charge is 0.399 e. The van der Waals surface area contributed by atoms with Crippen molar-refractivity contribution in [3.05, 3.63) is 65.2 Å². The fourth-order valence-corrected chi connectivity index (χ4v) is 3.22. The van der Waals surface area contributed by atoms with Crippen molar-refractivity contribution in [1.29, 1.82) is 0 Å². The van der Waals surface area contributed by atoms with E-state index >= 15 is 0 Å². The van der Waals surface area contributed by atoms with Crippen molar-refractivity contribution < 1.29 is 0 Å². The van der Waals surface area contributed by atoms with E-state index in [4.69, 9.17) is 5.73 Å². The molecule has 2 aromatic rings. The van der Waals surface area contributed by atoms with Crippen molar-refractivity contribution in [1.82, 2.24) is 4.90 Å². The third-order valence-electron chi connectivity index (χ3n) is 4.60. The molecular weight excluding hydrogens is 256 g/mol. The summed E-state index contributed by atoms with van der Waals surface area (Å²) in [6.07, 6.45) is 2.49. The van der Waals surface area contributed by atoms with Crippen molar-refractivity contribution in [3.63, 3.8) is 0 Å². The number of hydrogen-bond acceptors (Lipinski definition) is 2. The molecule has 2 aromatic carbocycles. The van der Waals surface area contributed by atoms with Crippen LogP contribution in [0.1, 0.15) is 35.4 Å². The zero-order valence-corrected chi connectivity index (χ0v) is 12.8. The molecule has 0 saturated carbocycles. The van der Waals surface area contributed by atoms with E-state index in [9.17, 15) is 0 Å². The normalized spacial score (nSPS) is 17.0. The van der Waals surface area contributed by atoms with Gasteiger partial charge in [-0.15, -0.1) is 0 Å². The molecule has 1 aliphatic rings. The average molecular weight is 280 g/mol. The highest BCUT2D eigenvalue weighted by Crippen LogP contribution is 2.30. The Morgan fingerprint density at radius 1 is 1.05 bits per heavy atom. The maximum atomic E-state index is 5.92. The van der Waals surface area contributed by atoms with Gasteiger partial charge in [0, 0.05) is 12.2 Å². The number of nitrogens with zero attached hydrogens (tertiary/aromatic N) is 1. The Morgan fingerprint density at radius 3 is 2.43 bits per heavy atom. The lowest BCUT2D eigenvalue weighted by Crippen LogP contribution is -2.32. The molecule has 1 aliphatic heterocycles. The molecule has 0 atom stereocenters. The van der Waals surface area contributed by atoms with Gasteiger partial charge in [-0.1, -0.05) is 42.5 Å². The standard InChI is InChI=1S/C19H24N2/c1-15-13-18(7-8-19(15)20)17-9-11-21(12-10-17)14-16-5-3-2-4-6-16/h2-8,13,17H,9-12,14,20H2,1H3. The van der Waals surface area contributed by atoms with Crippen LogP contribution in [0.4, 0.5) is 5.69 Å². The van der Waals surface area contributed by atoms with E-state index in [1.165, 1.54) is 42.6 Å². The van der Waals surface area contributed by atoms with Crippen LogP contribution in [0, 0.1) is 6.92 Å². The second-order valence-electron chi connectivity index (χ2n) is 6.15. The lowest BCUT2D eigenvalue weighted by atomic mass is 9.88. The molecule has 110 valence electrons. The highest BCUT2D eigenvalue weighted by molar-refractivity contribution is 5.48. The van der Waals surface area contributed by atoms with E-state index < -0.39 is 0 Å². The van der Waals surface area contributed by atoms with E-state index in [-0.39, 0.29) is 0 Å². The SMILES string of the molecule is Cc1cc(C2CCN(Cc3ccccc3)CC2)ccc1N. The lowest BCUT2D eigenvalue weighted by Gasteiger charge is -2.32. The second kappa shape index (κ2) is 6.31. The van der Waals surface area contributed by atoms with Crippen LogP contribution in [0.15, 0.2) is 48.5 Å². The minimum atomic E-state index is 0.691. The van der Waals surface area contributed by atoms with Crippen molar-refractivity contribution in [2.75, 3.05) is 18.8 Å². The summed E-state index contributed by atoms with van der Waals surface area (Å²) >= 11 is 0. The topological polar surface area (TPSA) is 29.3 Å². The fraction of sp³-hybridized carbons (Fsp3) is 0.368. The third kappa shape index (κ3) is 3.45. The van der Waals surface area contributed by atoms with Crippen molar-refractivity contribution >= 4 is 5.69 Å². The van der Waals surface area contributed by atoms with Crippen LogP contribution in [0.25, 0.3) is 0 Å². The summed E-state index contributed by atoms with van der Waals surface area (Å²) in [5.41, 5.74) is 10.9. The monoisotopic (exact) mass is 280 g/mol. The zero-order chi connectivity index (χ0) is 14.7.